The molecular weight excluding hydrogens is 316 g/mol. The van der Waals surface area contributed by atoms with E-state index in [4.69, 9.17) is 0 Å². The van der Waals surface area contributed by atoms with Crippen LogP contribution in [0.2, 0.25) is 0 Å². The molecule has 0 spiro atoms. The van der Waals surface area contributed by atoms with Crippen LogP contribution in [-0.4, -0.2) is 45.6 Å². The summed E-state index contributed by atoms with van der Waals surface area (Å²) in [5, 5.41) is 13.2. The number of likely N-dealkylation sites (tertiary alicyclic amines) is 1. The van der Waals surface area contributed by atoms with Gasteiger partial charge in [0, 0.05) is 38.6 Å². The number of aryl methyl sites for hydroxylation is 1. The molecule has 25 heavy (non-hydrogen) atoms. The minimum absolute atomic E-state index is 0.0596. The summed E-state index contributed by atoms with van der Waals surface area (Å²) >= 11 is 0. The summed E-state index contributed by atoms with van der Waals surface area (Å²) in [7, 11) is 3.56. The van der Waals surface area contributed by atoms with E-state index in [-0.39, 0.29) is 11.8 Å². The van der Waals surface area contributed by atoms with Gasteiger partial charge in [-0.3, -0.25) is 9.69 Å². The highest BCUT2D eigenvalue weighted by molar-refractivity contribution is 5.93. The lowest BCUT2D eigenvalue weighted by atomic mass is 9.90. The van der Waals surface area contributed by atoms with Gasteiger partial charge in [0.05, 0.1) is 0 Å². The molecule has 2 heterocycles. The van der Waals surface area contributed by atoms with Gasteiger partial charge < -0.3 is 15.0 Å². The van der Waals surface area contributed by atoms with Crippen molar-refractivity contribution in [1.82, 2.24) is 19.8 Å². The maximum atomic E-state index is 11.6. The van der Waals surface area contributed by atoms with Gasteiger partial charge in [0.25, 0.3) is 5.91 Å². The molecule has 1 aromatic heterocycles. The number of nitrogens with one attached hydrogen (secondary N) is 1. The zero-order chi connectivity index (χ0) is 17.8. The van der Waals surface area contributed by atoms with Crippen molar-refractivity contribution in [2.24, 2.45) is 13.0 Å². The molecule has 1 aliphatic heterocycles. The lowest BCUT2D eigenvalue weighted by Crippen LogP contribution is -2.35. The molecule has 1 fully saturated rings. The van der Waals surface area contributed by atoms with Crippen molar-refractivity contribution >= 4 is 5.91 Å². The first kappa shape index (κ1) is 17.6. The zero-order valence-corrected chi connectivity index (χ0v) is 14.9. The molecule has 1 aromatic carbocycles. The smallest absolute Gasteiger partial charge is 0.251 e. The van der Waals surface area contributed by atoms with Gasteiger partial charge in [-0.05, 0) is 49.5 Å². The first-order valence-corrected chi connectivity index (χ1v) is 8.77. The second kappa shape index (κ2) is 7.80. The molecule has 6 nitrogen and oxygen atoms in total. The van der Waals surface area contributed by atoms with Crippen LogP contribution in [0.15, 0.2) is 36.7 Å². The molecule has 1 aliphatic rings. The minimum Gasteiger partial charge on any atom is -0.385 e. The van der Waals surface area contributed by atoms with Crippen molar-refractivity contribution in [2.45, 2.75) is 25.5 Å². The maximum Gasteiger partial charge on any atom is 0.251 e. The van der Waals surface area contributed by atoms with E-state index in [0.29, 0.717) is 5.56 Å². The molecule has 1 atom stereocenters. The van der Waals surface area contributed by atoms with Gasteiger partial charge in [-0.25, -0.2) is 4.98 Å². The summed E-state index contributed by atoms with van der Waals surface area (Å²) in [6, 6.07) is 7.76. The molecule has 6 heteroatoms. The van der Waals surface area contributed by atoms with E-state index in [1.165, 1.54) is 5.56 Å². The molecule has 0 bridgehead atoms. The summed E-state index contributed by atoms with van der Waals surface area (Å²) < 4.78 is 1.89. The van der Waals surface area contributed by atoms with E-state index in [9.17, 15) is 9.90 Å². The number of aliphatic hydroxyl groups is 1. The average Bonchev–Trinajstić information content (AvgIpc) is 3.07. The van der Waals surface area contributed by atoms with Crippen molar-refractivity contribution in [3.63, 3.8) is 0 Å². The number of carbonyl (C=O) groups is 1. The summed E-state index contributed by atoms with van der Waals surface area (Å²) in [5.41, 5.74) is 1.89. The zero-order valence-electron chi connectivity index (χ0n) is 14.9. The molecule has 1 amide bonds. The minimum atomic E-state index is -0.492. The normalized spacial score (nSPS) is 17.4. The van der Waals surface area contributed by atoms with Gasteiger partial charge in [-0.1, -0.05) is 12.1 Å². The van der Waals surface area contributed by atoms with E-state index >= 15 is 0 Å². The Morgan fingerprint density at radius 2 is 2.00 bits per heavy atom. The number of rotatable bonds is 5. The van der Waals surface area contributed by atoms with Crippen molar-refractivity contribution in [3.05, 3.63) is 53.6 Å². The molecule has 0 radical (unpaired) electrons. The Morgan fingerprint density at radius 3 is 2.56 bits per heavy atom. The van der Waals surface area contributed by atoms with Crippen molar-refractivity contribution in [2.75, 3.05) is 20.1 Å². The molecule has 2 N–H and O–H groups in total. The van der Waals surface area contributed by atoms with E-state index in [1.807, 2.05) is 42.1 Å². The largest absolute Gasteiger partial charge is 0.385 e. The third kappa shape index (κ3) is 4.08. The number of aromatic nitrogens is 2. The van der Waals surface area contributed by atoms with Crippen molar-refractivity contribution < 1.29 is 9.90 Å². The molecule has 2 aromatic rings. The Morgan fingerprint density at radius 1 is 1.32 bits per heavy atom. The highest BCUT2D eigenvalue weighted by Crippen LogP contribution is 2.30. The highest BCUT2D eigenvalue weighted by Gasteiger charge is 2.28. The summed E-state index contributed by atoms with van der Waals surface area (Å²) in [6.07, 6.45) is 5.04. The predicted octanol–water partition coefficient (Wildman–Crippen LogP) is 1.73. The predicted molar refractivity (Wildman–Crippen MR) is 96.0 cm³/mol. The number of piperidine rings is 1. The number of nitrogens with zero attached hydrogens (tertiary/aromatic N) is 3. The van der Waals surface area contributed by atoms with Gasteiger partial charge >= 0.3 is 0 Å². The molecule has 134 valence electrons. The van der Waals surface area contributed by atoms with E-state index in [0.717, 1.165) is 38.3 Å². The lowest BCUT2D eigenvalue weighted by Gasteiger charge is -2.34. The van der Waals surface area contributed by atoms with Crippen LogP contribution in [0.3, 0.4) is 0 Å². The number of hydrogen-bond donors (Lipinski definition) is 2. The first-order valence-electron chi connectivity index (χ1n) is 8.77. The molecule has 0 saturated carbocycles. The fourth-order valence-corrected chi connectivity index (χ4v) is 3.46. The quantitative estimate of drug-likeness (QED) is 0.868. The van der Waals surface area contributed by atoms with Crippen LogP contribution < -0.4 is 5.32 Å². The molecule has 1 saturated heterocycles. The standard InChI is InChI=1S/C19H26N4O2/c1-20-19(25)16-5-3-14(4-6-16)13-23-10-7-15(8-11-23)17(24)18-21-9-12-22(18)2/h3-6,9,12,15,17,24H,7-8,10-11,13H2,1-2H3,(H,20,25). The Labute approximate surface area is 148 Å². The topological polar surface area (TPSA) is 70.4 Å². The SMILES string of the molecule is CNC(=O)c1ccc(CN2CCC(C(O)c3nccn3C)CC2)cc1. The fraction of sp³-hybridized carbons (Fsp3) is 0.474. The molecular formula is C19H26N4O2. The Kier molecular flexibility index (Phi) is 5.50. The Bertz CT molecular complexity index is 702. The van der Waals surface area contributed by atoms with Crippen LogP contribution in [0.4, 0.5) is 0 Å². The number of amides is 1. The fourth-order valence-electron chi connectivity index (χ4n) is 3.46. The number of aliphatic hydroxyl groups excluding tert-OH is 1. The Balaban J connectivity index is 1.52. The first-order chi connectivity index (χ1) is 12.1. The highest BCUT2D eigenvalue weighted by atomic mass is 16.3. The maximum absolute atomic E-state index is 11.6. The van der Waals surface area contributed by atoms with Crippen LogP contribution in [0.5, 0.6) is 0 Å². The molecule has 3 rings (SSSR count). The second-order valence-corrected chi connectivity index (χ2v) is 6.73. The van der Waals surface area contributed by atoms with E-state index in [1.54, 1.807) is 13.2 Å². The summed E-state index contributed by atoms with van der Waals surface area (Å²) in [6.45, 7) is 2.80. The van der Waals surface area contributed by atoms with Crippen LogP contribution >= 0.6 is 0 Å². The second-order valence-electron chi connectivity index (χ2n) is 6.73. The average molecular weight is 342 g/mol. The lowest BCUT2D eigenvalue weighted by molar-refractivity contribution is 0.0492. The molecule has 0 aliphatic carbocycles. The monoisotopic (exact) mass is 342 g/mol. The molecule has 1 unspecified atom stereocenters. The van der Waals surface area contributed by atoms with Crippen LogP contribution in [-0.2, 0) is 13.6 Å². The van der Waals surface area contributed by atoms with Gasteiger partial charge in [-0.2, -0.15) is 0 Å². The van der Waals surface area contributed by atoms with Gasteiger partial charge in [-0.15, -0.1) is 0 Å². The number of carbonyl (C=O) groups excluding carboxylic acids is 1. The van der Waals surface area contributed by atoms with Gasteiger partial charge in [0.2, 0.25) is 0 Å². The summed E-state index contributed by atoms with van der Waals surface area (Å²) in [4.78, 5) is 18.3. The van der Waals surface area contributed by atoms with Crippen LogP contribution in [0, 0.1) is 5.92 Å². The van der Waals surface area contributed by atoms with Crippen LogP contribution in [0.25, 0.3) is 0 Å². The van der Waals surface area contributed by atoms with Crippen molar-refractivity contribution in [1.29, 1.82) is 0 Å². The third-order valence-corrected chi connectivity index (χ3v) is 5.05. The van der Waals surface area contributed by atoms with E-state index < -0.39 is 6.10 Å². The van der Waals surface area contributed by atoms with E-state index in [2.05, 4.69) is 15.2 Å². The van der Waals surface area contributed by atoms with Gasteiger partial charge in [0.1, 0.15) is 11.9 Å². The number of benzene rings is 1. The van der Waals surface area contributed by atoms with Gasteiger partial charge in [0.15, 0.2) is 0 Å². The summed E-state index contributed by atoms with van der Waals surface area (Å²) in [5.74, 6) is 0.951. The Hall–Kier alpha value is -2.18. The van der Waals surface area contributed by atoms with Crippen molar-refractivity contribution in [3.8, 4) is 0 Å². The number of imidazole rings is 1. The number of hydrogen-bond acceptors (Lipinski definition) is 4. The third-order valence-electron chi connectivity index (χ3n) is 5.05. The van der Waals surface area contributed by atoms with Crippen LogP contribution in [0.1, 0.15) is 40.7 Å².